The molecule has 0 radical (unpaired) electrons. The summed E-state index contributed by atoms with van der Waals surface area (Å²) in [4.78, 5) is 49.8. The van der Waals surface area contributed by atoms with Crippen molar-refractivity contribution in [2.45, 2.75) is 25.7 Å². The SMILES string of the molecule is O=C1NCCc2cc(C(=O)N3CCC4(CCCN(C(=O)c5cc6cnccc6[nH]5)C4)C3)ccc21. The Labute approximate surface area is 197 Å². The van der Waals surface area contributed by atoms with Crippen LogP contribution in [0.2, 0.25) is 0 Å². The third-order valence-electron chi connectivity index (χ3n) is 7.60. The number of H-pyrrole nitrogens is 1. The Morgan fingerprint density at radius 1 is 1.00 bits per heavy atom. The molecular formula is C26H27N5O3. The Hall–Kier alpha value is -3.68. The fourth-order valence-electron chi connectivity index (χ4n) is 5.82. The van der Waals surface area contributed by atoms with E-state index in [2.05, 4.69) is 15.3 Å². The molecule has 6 rings (SSSR count). The monoisotopic (exact) mass is 457 g/mol. The van der Waals surface area contributed by atoms with Gasteiger partial charge >= 0.3 is 0 Å². The van der Waals surface area contributed by atoms with Crippen LogP contribution in [0, 0.1) is 5.41 Å². The lowest BCUT2D eigenvalue weighted by Gasteiger charge is -2.40. The first-order chi connectivity index (χ1) is 16.5. The second-order valence-corrected chi connectivity index (χ2v) is 9.83. The van der Waals surface area contributed by atoms with Gasteiger partial charge in [-0.25, -0.2) is 0 Å². The van der Waals surface area contributed by atoms with Crippen LogP contribution >= 0.6 is 0 Å². The number of likely N-dealkylation sites (tertiary alicyclic amines) is 2. The number of carbonyl (C=O) groups is 3. The largest absolute Gasteiger partial charge is 0.352 e. The molecule has 0 aliphatic carbocycles. The van der Waals surface area contributed by atoms with Gasteiger partial charge in [0, 0.05) is 72.6 Å². The molecule has 1 unspecified atom stereocenters. The van der Waals surface area contributed by atoms with E-state index in [0.29, 0.717) is 43.0 Å². The summed E-state index contributed by atoms with van der Waals surface area (Å²) >= 11 is 0. The van der Waals surface area contributed by atoms with Gasteiger partial charge in [0.05, 0.1) is 0 Å². The van der Waals surface area contributed by atoms with Crippen molar-refractivity contribution >= 4 is 28.6 Å². The highest BCUT2D eigenvalue weighted by Crippen LogP contribution is 2.40. The van der Waals surface area contributed by atoms with Crippen LogP contribution in [0.4, 0.5) is 0 Å². The maximum absolute atomic E-state index is 13.3. The van der Waals surface area contributed by atoms with Gasteiger partial charge in [0.2, 0.25) is 0 Å². The first-order valence-electron chi connectivity index (χ1n) is 11.9. The number of fused-ring (bicyclic) bond motifs is 2. The van der Waals surface area contributed by atoms with Crippen molar-refractivity contribution in [2.75, 3.05) is 32.7 Å². The van der Waals surface area contributed by atoms with Gasteiger partial charge in [-0.15, -0.1) is 0 Å². The number of piperidine rings is 1. The molecule has 1 spiro atoms. The second-order valence-electron chi connectivity index (χ2n) is 9.83. The number of nitrogens with one attached hydrogen (secondary N) is 2. The number of pyridine rings is 1. The Morgan fingerprint density at radius 2 is 1.85 bits per heavy atom. The summed E-state index contributed by atoms with van der Waals surface area (Å²) in [6.45, 7) is 3.34. The van der Waals surface area contributed by atoms with E-state index in [4.69, 9.17) is 0 Å². The molecule has 2 fully saturated rings. The molecule has 3 aromatic rings. The number of aromatic amines is 1. The van der Waals surface area contributed by atoms with Crippen molar-refractivity contribution < 1.29 is 14.4 Å². The molecule has 5 heterocycles. The van der Waals surface area contributed by atoms with E-state index in [0.717, 1.165) is 48.7 Å². The number of nitrogens with zero attached hydrogens (tertiary/aromatic N) is 3. The van der Waals surface area contributed by atoms with E-state index < -0.39 is 0 Å². The summed E-state index contributed by atoms with van der Waals surface area (Å²) in [5.74, 6) is -0.0520. The van der Waals surface area contributed by atoms with E-state index in [1.54, 1.807) is 24.5 Å². The van der Waals surface area contributed by atoms with E-state index in [1.165, 1.54) is 0 Å². The smallest absolute Gasteiger partial charge is 0.270 e. The predicted molar refractivity (Wildman–Crippen MR) is 127 cm³/mol. The van der Waals surface area contributed by atoms with Gasteiger partial charge < -0.3 is 20.1 Å². The van der Waals surface area contributed by atoms with E-state index >= 15 is 0 Å². The zero-order valence-electron chi connectivity index (χ0n) is 19.0. The summed E-state index contributed by atoms with van der Waals surface area (Å²) in [5.41, 5.74) is 3.67. The van der Waals surface area contributed by atoms with E-state index in [1.807, 2.05) is 28.0 Å². The Balaban J connectivity index is 1.17. The molecule has 2 saturated heterocycles. The van der Waals surface area contributed by atoms with Gasteiger partial charge in [0.15, 0.2) is 0 Å². The summed E-state index contributed by atoms with van der Waals surface area (Å²) in [5, 5.41) is 3.77. The summed E-state index contributed by atoms with van der Waals surface area (Å²) in [6.07, 6.45) is 7.06. The molecule has 8 heteroatoms. The van der Waals surface area contributed by atoms with Crippen molar-refractivity contribution in [3.63, 3.8) is 0 Å². The highest BCUT2D eigenvalue weighted by atomic mass is 16.2. The van der Waals surface area contributed by atoms with Crippen LogP contribution in [-0.2, 0) is 6.42 Å². The van der Waals surface area contributed by atoms with Gasteiger partial charge in [-0.3, -0.25) is 19.4 Å². The third-order valence-corrected chi connectivity index (χ3v) is 7.60. The van der Waals surface area contributed by atoms with Crippen LogP contribution in [0.15, 0.2) is 42.7 Å². The lowest BCUT2D eigenvalue weighted by Crippen LogP contribution is -2.47. The van der Waals surface area contributed by atoms with Gasteiger partial charge in [-0.05, 0) is 61.6 Å². The predicted octanol–water partition coefficient (Wildman–Crippen LogP) is 2.62. The van der Waals surface area contributed by atoms with Crippen molar-refractivity contribution in [3.8, 4) is 0 Å². The van der Waals surface area contributed by atoms with Crippen LogP contribution in [0.1, 0.15) is 56.0 Å². The van der Waals surface area contributed by atoms with Crippen LogP contribution < -0.4 is 5.32 Å². The van der Waals surface area contributed by atoms with Crippen LogP contribution in [0.3, 0.4) is 0 Å². The maximum Gasteiger partial charge on any atom is 0.270 e. The second kappa shape index (κ2) is 7.97. The molecule has 34 heavy (non-hydrogen) atoms. The molecule has 0 bridgehead atoms. The molecule has 3 amide bonds. The first kappa shape index (κ1) is 20.9. The average Bonchev–Trinajstić information content (AvgIpc) is 3.47. The first-order valence-corrected chi connectivity index (χ1v) is 11.9. The van der Waals surface area contributed by atoms with Crippen LogP contribution in [0.25, 0.3) is 10.9 Å². The molecule has 0 saturated carbocycles. The van der Waals surface area contributed by atoms with Crippen molar-refractivity contribution in [1.82, 2.24) is 25.1 Å². The molecule has 3 aliphatic heterocycles. The molecule has 1 aromatic carbocycles. The van der Waals surface area contributed by atoms with E-state index in [9.17, 15) is 14.4 Å². The fourth-order valence-corrected chi connectivity index (χ4v) is 5.82. The minimum atomic E-state index is -0.0708. The number of aromatic nitrogens is 2. The molecule has 8 nitrogen and oxygen atoms in total. The number of amides is 3. The third kappa shape index (κ3) is 3.54. The summed E-state index contributed by atoms with van der Waals surface area (Å²) < 4.78 is 0. The zero-order chi connectivity index (χ0) is 23.3. The number of hydrogen-bond donors (Lipinski definition) is 2. The minimum absolute atomic E-state index is 0.00742. The molecule has 1 atom stereocenters. The Bertz CT molecular complexity index is 1280. The molecule has 2 N–H and O–H groups in total. The van der Waals surface area contributed by atoms with Crippen LogP contribution in [0.5, 0.6) is 0 Å². The van der Waals surface area contributed by atoms with Gasteiger partial charge in [-0.1, -0.05) is 0 Å². The van der Waals surface area contributed by atoms with Gasteiger partial charge in [-0.2, -0.15) is 0 Å². The number of carbonyl (C=O) groups excluding carboxylic acids is 3. The summed E-state index contributed by atoms with van der Waals surface area (Å²) in [7, 11) is 0. The van der Waals surface area contributed by atoms with Gasteiger partial charge in [0.1, 0.15) is 5.69 Å². The maximum atomic E-state index is 13.3. The topological polar surface area (TPSA) is 98.4 Å². The quantitative estimate of drug-likeness (QED) is 0.618. The van der Waals surface area contributed by atoms with Crippen LogP contribution in [-0.4, -0.2) is 70.2 Å². The molecule has 174 valence electrons. The summed E-state index contributed by atoms with van der Waals surface area (Å²) in [6, 6.07) is 9.14. The highest BCUT2D eigenvalue weighted by molar-refractivity contribution is 6.00. The van der Waals surface area contributed by atoms with E-state index in [-0.39, 0.29) is 23.1 Å². The minimum Gasteiger partial charge on any atom is -0.352 e. The Morgan fingerprint density at radius 3 is 2.71 bits per heavy atom. The lowest BCUT2D eigenvalue weighted by molar-refractivity contribution is 0.0511. The zero-order valence-corrected chi connectivity index (χ0v) is 19.0. The van der Waals surface area contributed by atoms with Gasteiger partial charge in [0.25, 0.3) is 17.7 Å². The molecular weight excluding hydrogens is 430 g/mol. The highest BCUT2D eigenvalue weighted by Gasteiger charge is 2.44. The lowest BCUT2D eigenvalue weighted by atomic mass is 9.79. The molecule has 3 aliphatic rings. The van der Waals surface area contributed by atoms with Crippen molar-refractivity contribution in [1.29, 1.82) is 0 Å². The standard InChI is InChI=1S/C26H27N5O3/c32-23-20-3-2-18(12-17(20)4-9-28-23)24(33)31-11-7-26(16-31)6-1-10-30(15-26)25(34)22-13-19-14-27-8-5-21(19)29-22/h2-3,5,8,12-14,29H,1,4,6-7,9-11,15-16H2,(H,28,32). The average molecular weight is 458 g/mol. The normalized spacial score (nSPS) is 22.2. The van der Waals surface area contributed by atoms with Crippen molar-refractivity contribution in [3.05, 3.63) is 65.1 Å². The fraction of sp³-hybridized carbons (Fsp3) is 0.385. The number of benzene rings is 1. The molecule has 2 aromatic heterocycles. The Kier molecular flexibility index (Phi) is 4.90. The van der Waals surface area contributed by atoms with Crippen molar-refractivity contribution in [2.24, 2.45) is 5.41 Å². The number of hydrogen-bond acceptors (Lipinski definition) is 4. The number of rotatable bonds is 2.